The molecule has 0 heterocycles. The molecule has 0 unspecified atom stereocenters. The van der Waals surface area contributed by atoms with Crippen molar-refractivity contribution in [1.82, 2.24) is 0 Å². The van der Waals surface area contributed by atoms with Gasteiger partial charge in [-0.3, -0.25) is 0 Å². The first-order valence-electron chi connectivity index (χ1n) is 6.71. The Balaban J connectivity index is 2.17. The molecule has 0 radical (unpaired) electrons. The number of ether oxygens (including phenoxy) is 2. The molecule has 2 aromatic carbocycles. The number of para-hydroxylation sites is 1. The monoisotopic (exact) mass is 320 g/mol. The molecule has 6 heteroatoms. The van der Waals surface area contributed by atoms with Crippen molar-refractivity contribution >= 4 is 15.8 Å². The van der Waals surface area contributed by atoms with Crippen molar-refractivity contribution in [3.63, 3.8) is 0 Å². The van der Waals surface area contributed by atoms with Crippen molar-refractivity contribution in [1.29, 1.82) is 0 Å². The zero-order chi connectivity index (χ0) is 16.0. The Bertz CT molecular complexity index is 738. The lowest BCUT2D eigenvalue weighted by atomic mass is 10.2. The van der Waals surface area contributed by atoms with Crippen LogP contribution < -0.4 is 4.74 Å². The number of carbonyl (C=O) groups excluding carboxylic acids is 1. The summed E-state index contributed by atoms with van der Waals surface area (Å²) in [7, 11) is -3.59. The van der Waals surface area contributed by atoms with E-state index < -0.39 is 21.7 Å². The van der Waals surface area contributed by atoms with Gasteiger partial charge in [0.2, 0.25) is 9.84 Å². The lowest BCUT2D eigenvalue weighted by molar-refractivity contribution is 0.0522. The topological polar surface area (TPSA) is 69.7 Å². The predicted molar refractivity (Wildman–Crippen MR) is 81.5 cm³/mol. The van der Waals surface area contributed by atoms with E-state index in [0.717, 1.165) is 0 Å². The molecule has 0 aliphatic heterocycles. The number of hydrogen-bond acceptors (Lipinski definition) is 5. The molecule has 0 saturated carbocycles. The third-order valence-corrected chi connectivity index (χ3v) is 4.27. The Morgan fingerprint density at radius 1 is 1.00 bits per heavy atom. The first-order valence-corrected chi connectivity index (χ1v) is 8.36. The van der Waals surface area contributed by atoms with Gasteiger partial charge in [0, 0.05) is 0 Å². The molecular weight excluding hydrogens is 304 g/mol. The lowest BCUT2D eigenvalue weighted by Gasteiger charge is -2.11. The largest absolute Gasteiger partial charge is 0.476 e. The van der Waals surface area contributed by atoms with Crippen LogP contribution in [0.2, 0.25) is 0 Å². The van der Waals surface area contributed by atoms with Gasteiger partial charge in [-0.1, -0.05) is 30.3 Å². The molecular formula is C16H16O5S. The molecule has 0 fully saturated rings. The van der Waals surface area contributed by atoms with E-state index in [1.165, 1.54) is 24.3 Å². The van der Waals surface area contributed by atoms with E-state index in [2.05, 4.69) is 0 Å². The van der Waals surface area contributed by atoms with Gasteiger partial charge < -0.3 is 9.47 Å². The summed E-state index contributed by atoms with van der Waals surface area (Å²) in [5.74, 6) is -0.913. The highest BCUT2D eigenvalue weighted by atomic mass is 32.2. The third kappa shape index (κ3) is 3.85. The molecule has 22 heavy (non-hydrogen) atoms. The van der Waals surface area contributed by atoms with Crippen LogP contribution in [0.3, 0.4) is 0 Å². The number of benzene rings is 2. The van der Waals surface area contributed by atoms with Gasteiger partial charge in [0.25, 0.3) is 0 Å². The first kappa shape index (κ1) is 16.0. The molecule has 0 atom stereocenters. The molecule has 0 saturated heterocycles. The Labute approximate surface area is 129 Å². The average molecular weight is 320 g/mol. The normalized spacial score (nSPS) is 11.0. The molecule has 5 nitrogen and oxygen atoms in total. The number of hydrogen-bond donors (Lipinski definition) is 0. The summed E-state index contributed by atoms with van der Waals surface area (Å²) in [5, 5.41) is 0. The molecule has 116 valence electrons. The maximum Gasteiger partial charge on any atom is 0.341 e. The van der Waals surface area contributed by atoms with Crippen LogP contribution in [0, 0.1) is 0 Å². The van der Waals surface area contributed by atoms with Crippen molar-refractivity contribution in [3.05, 3.63) is 60.2 Å². The third-order valence-electron chi connectivity index (χ3n) is 2.85. The highest BCUT2D eigenvalue weighted by Gasteiger charge is 2.18. The Kier molecular flexibility index (Phi) is 5.16. The zero-order valence-corrected chi connectivity index (χ0v) is 12.9. The van der Waals surface area contributed by atoms with Gasteiger partial charge in [-0.05, 0) is 31.2 Å². The second-order valence-corrected chi connectivity index (χ2v) is 6.34. The number of carbonyl (C=O) groups is 1. The maximum atomic E-state index is 12.2. The van der Waals surface area contributed by atoms with Crippen LogP contribution in [-0.4, -0.2) is 26.9 Å². The quantitative estimate of drug-likeness (QED) is 0.765. The maximum absolute atomic E-state index is 12.2. The first-order chi connectivity index (χ1) is 10.5. The fraction of sp³-hybridized carbons (Fsp3) is 0.188. The van der Waals surface area contributed by atoms with E-state index in [1.54, 1.807) is 37.3 Å². The van der Waals surface area contributed by atoms with Gasteiger partial charge in [-0.15, -0.1) is 0 Å². The Morgan fingerprint density at radius 2 is 1.64 bits per heavy atom. The number of sulfone groups is 1. The predicted octanol–water partition coefficient (Wildman–Crippen LogP) is 2.67. The molecule has 2 rings (SSSR count). The van der Waals surface area contributed by atoms with Gasteiger partial charge in [0.15, 0.2) is 5.94 Å². The van der Waals surface area contributed by atoms with Crippen LogP contribution in [0.1, 0.15) is 17.3 Å². The number of rotatable bonds is 6. The van der Waals surface area contributed by atoms with Crippen LogP contribution in [0.15, 0.2) is 59.5 Å². The summed E-state index contributed by atoms with van der Waals surface area (Å²) >= 11 is 0. The molecule has 0 aliphatic rings. The molecule has 0 N–H and O–H groups in total. The van der Waals surface area contributed by atoms with E-state index in [9.17, 15) is 13.2 Å². The zero-order valence-electron chi connectivity index (χ0n) is 12.1. The Morgan fingerprint density at radius 3 is 2.32 bits per heavy atom. The molecule has 0 bridgehead atoms. The second-order valence-electron chi connectivity index (χ2n) is 4.41. The summed E-state index contributed by atoms with van der Waals surface area (Å²) in [4.78, 5) is 12.0. The molecule has 2 aromatic rings. The van der Waals surface area contributed by atoms with Gasteiger partial charge in [0.1, 0.15) is 11.3 Å². The second kappa shape index (κ2) is 7.09. The van der Waals surface area contributed by atoms with Gasteiger partial charge >= 0.3 is 5.97 Å². The summed E-state index contributed by atoms with van der Waals surface area (Å²) < 4.78 is 34.6. The van der Waals surface area contributed by atoms with Crippen LogP contribution in [-0.2, 0) is 14.6 Å². The summed E-state index contributed by atoms with van der Waals surface area (Å²) in [6.45, 7) is 1.93. The standard InChI is InChI=1S/C16H16O5S/c1-2-20-16(17)14-10-6-7-11-15(14)21-12-22(18,19)13-8-4-3-5-9-13/h3-11H,2,12H2,1H3. The van der Waals surface area contributed by atoms with Crippen molar-refractivity contribution in [3.8, 4) is 5.75 Å². The number of esters is 1. The fourth-order valence-corrected chi connectivity index (χ4v) is 2.80. The van der Waals surface area contributed by atoms with Crippen molar-refractivity contribution in [2.24, 2.45) is 0 Å². The average Bonchev–Trinajstić information content (AvgIpc) is 2.54. The SMILES string of the molecule is CCOC(=O)c1ccccc1OCS(=O)(=O)c1ccccc1. The van der Waals surface area contributed by atoms with Crippen molar-refractivity contribution < 1.29 is 22.7 Å². The van der Waals surface area contributed by atoms with E-state index in [-0.39, 0.29) is 22.8 Å². The highest BCUT2D eigenvalue weighted by molar-refractivity contribution is 7.91. The summed E-state index contributed by atoms with van der Waals surface area (Å²) in [6.07, 6.45) is 0. The van der Waals surface area contributed by atoms with Crippen LogP contribution in [0.5, 0.6) is 5.75 Å². The van der Waals surface area contributed by atoms with Gasteiger partial charge in [0.05, 0.1) is 11.5 Å². The van der Waals surface area contributed by atoms with E-state index in [0.29, 0.717) is 0 Å². The molecule has 0 amide bonds. The van der Waals surface area contributed by atoms with Gasteiger partial charge in [-0.25, -0.2) is 13.2 Å². The molecule has 0 aromatic heterocycles. The smallest absolute Gasteiger partial charge is 0.341 e. The van der Waals surface area contributed by atoms with Crippen molar-refractivity contribution in [2.45, 2.75) is 11.8 Å². The molecule has 0 spiro atoms. The van der Waals surface area contributed by atoms with E-state index in [1.807, 2.05) is 0 Å². The van der Waals surface area contributed by atoms with Crippen LogP contribution in [0.25, 0.3) is 0 Å². The highest BCUT2D eigenvalue weighted by Crippen LogP contribution is 2.20. The lowest BCUT2D eigenvalue weighted by Crippen LogP contribution is -2.14. The summed E-state index contributed by atoms with van der Waals surface area (Å²) in [5.41, 5.74) is 0.201. The Hall–Kier alpha value is -2.34. The fourth-order valence-electron chi connectivity index (χ4n) is 1.81. The van der Waals surface area contributed by atoms with E-state index in [4.69, 9.17) is 9.47 Å². The van der Waals surface area contributed by atoms with Crippen molar-refractivity contribution in [2.75, 3.05) is 12.5 Å². The van der Waals surface area contributed by atoms with Crippen LogP contribution >= 0.6 is 0 Å². The summed E-state index contributed by atoms with van der Waals surface area (Å²) in [6, 6.07) is 14.4. The minimum absolute atomic E-state index is 0.170. The molecule has 0 aliphatic carbocycles. The van der Waals surface area contributed by atoms with E-state index >= 15 is 0 Å². The van der Waals surface area contributed by atoms with Crippen LogP contribution in [0.4, 0.5) is 0 Å². The minimum atomic E-state index is -3.59. The minimum Gasteiger partial charge on any atom is -0.476 e. The van der Waals surface area contributed by atoms with Gasteiger partial charge in [-0.2, -0.15) is 0 Å².